The van der Waals surface area contributed by atoms with Gasteiger partial charge in [-0.2, -0.15) is 4.31 Å². The van der Waals surface area contributed by atoms with Gasteiger partial charge in [-0.25, -0.2) is 8.42 Å². The molecule has 2 aliphatic heterocycles. The van der Waals surface area contributed by atoms with E-state index >= 15 is 0 Å². The lowest BCUT2D eigenvalue weighted by molar-refractivity contribution is 0.182. The molecule has 5 nitrogen and oxygen atoms in total. The summed E-state index contributed by atoms with van der Waals surface area (Å²) in [4.78, 5) is 2.37. The van der Waals surface area contributed by atoms with E-state index in [-0.39, 0.29) is 0 Å². The number of benzene rings is 1. The third-order valence-electron chi connectivity index (χ3n) is 4.22. The molecule has 0 radical (unpaired) electrons. The van der Waals surface area contributed by atoms with Crippen molar-refractivity contribution in [3.05, 3.63) is 29.8 Å². The molecule has 1 fully saturated rings. The van der Waals surface area contributed by atoms with Crippen molar-refractivity contribution in [3.63, 3.8) is 0 Å². The normalized spacial score (nSPS) is 24.4. The van der Waals surface area contributed by atoms with Gasteiger partial charge in [-0.05, 0) is 11.6 Å². The maximum absolute atomic E-state index is 11.5. The molecule has 110 valence electrons. The van der Waals surface area contributed by atoms with E-state index in [4.69, 9.17) is 0 Å². The van der Waals surface area contributed by atoms with Gasteiger partial charge in [0.05, 0.1) is 6.26 Å². The molecule has 1 saturated heterocycles. The van der Waals surface area contributed by atoms with E-state index < -0.39 is 10.0 Å². The van der Waals surface area contributed by atoms with Crippen molar-refractivity contribution in [1.29, 1.82) is 0 Å². The zero-order chi connectivity index (χ0) is 14.2. The molecule has 0 aromatic heterocycles. The summed E-state index contributed by atoms with van der Waals surface area (Å²) in [6.45, 7) is 4.85. The average molecular weight is 295 g/mol. The first-order valence-corrected chi connectivity index (χ1v) is 8.89. The van der Waals surface area contributed by atoms with Crippen molar-refractivity contribution < 1.29 is 8.42 Å². The van der Waals surface area contributed by atoms with Gasteiger partial charge in [0.1, 0.15) is 0 Å². The summed E-state index contributed by atoms with van der Waals surface area (Å²) in [5, 5.41) is 3.44. The maximum atomic E-state index is 11.5. The zero-order valence-electron chi connectivity index (χ0n) is 11.7. The Morgan fingerprint density at radius 1 is 1.20 bits per heavy atom. The van der Waals surface area contributed by atoms with Crippen LogP contribution in [0.5, 0.6) is 0 Å². The maximum Gasteiger partial charge on any atom is 0.211 e. The Balaban J connectivity index is 1.59. The second-order valence-electron chi connectivity index (χ2n) is 5.63. The van der Waals surface area contributed by atoms with Crippen molar-refractivity contribution in [3.8, 4) is 0 Å². The molecular weight excluding hydrogens is 274 g/mol. The van der Waals surface area contributed by atoms with Crippen LogP contribution < -0.4 is 5.32 Å². The highest BCUT2D eigenvalue weighted by atomic mass is 32.2. The molecule has 0 bridgehead atoms. The quantitative estimate of drug-likeness (QED) is 0.895. The first-order chi connectivity index (χ1) is 9.54. The minimum absolute atomic E-state index is 0.510. The number of fused-ring (bicyclic) bond motifs is 1. The van der Waals surface area contributed by atoms with Gasteiger partial charge >= 0.3 is 0 Å². The summed E-state index contributed by atoms with van der Waals surface area (Å²) in [5.41, 5.74) is 2.63. The fraction of sp³-hybridized carbons (Fsp3) is 0.571. The Bertz CT molecular complexity index is 580. The lowest BCUT2D eigenvalue weighted by atomic mass is 10.0. The lowest BCUT2D eigenvalue weighted by Crippen LogP contribution is -2.49. The number of anilines is 1. The fourth-order valence-electron chi connectivity index (χ4n) is 3.08. The van der Waals surface area contributed by atoms with Crippen LogP contribution in [0.2, 0.25) is 0 Å². The molecule has 20 heavy (non-hydrogen) atoms. The van der Waals surface area contributed by atoms with Gasteiger partial charge in [-0.1, -0.05) is 18.2 Å². The summed E-state index contributed by atoms with van der Waals surface area (Å²) in [5.74, 6) is 0.510. The van der Waals surface area contributed by atoms with Crippen LogP contribution in [-0.4, -0.2) is 63.1 Å². The summed E-state index contributed by atoms with van der Waals surface area (Å²) in [6, 6.07) is 8.45. The van der Waals surface area contributed by atoms with E-state index in [0.29, 0.717) is 19.0 Å². The summed E-state index contributed by atoms with van der Waals surface area (Å²) in [6.07, 6.45) is 1.29. The van der Waals surface area contributed by atoms with E-state index in [9.17, 15) is 8.42 Å². The molecule has 0 aliphatic carbocycles. The largest absolute Gasteiger partial charge is 0.384 e. The minimum atomic E-state index is -3.03. The molecule has 1 N–H and O–H groups in total. The van der Waals surface area contributed by atoms with Crippen LogP contribution in [-0.2, 0) is 10.0 Å². The number of hydrogen-bond donors (Lipinski definition) is 1. The number of para-hydroxylation sites is 1. The first-order valence-electron chi connectivity index (χ1n) is 7.04. The second kappa shape index (κ2) is 5.35. The first kappa shape index (κ1) is 13.9. The summed E-state index contributed by atoms with van der Waals surface area (Å²) >= 11 is 0. The Morgan fingerprint density at radius 2 is 1.90 bits per heavy atom. The van der Waals surface area contributed by atoms with Gasteiger partial charge in [0.2, 0.25) is 10.0 Å². The van der Waals surface area contributed by atoms with Crippen LogP contribution in [0.1, 0.15) is 11.5 Å². The highest BCUT2D eigenvalue weighted by Gasteiger charge is 2.27. The van der Waals surface area contributed by atoms with Crippen molar-refractivity contribution >= 4 is 15.7 Å². The molecule has 0 spiro atoms. The number of nitrogens with one attached hydrogen (secondary N) is 1. The fourth-order valence-corrected chi connectivity index (χ4v) is 3.90. The monoisotopic (exact) mass is 295 g/mol. The van der Waals surface area contributed by atoms with E-state index in [2.05, 4.69) is 34.5 Å². The van der Waals surface area contributed by atoms with Crippen LogP contribution in [0, 0.1) is 0 Å². The van der Waals surface area contributed by atoms with Crippen molar-refractivity contribution in [2.24, 2.45) is 0 Å². The topological polar surface area (TPSA) is 52.7 Å². The third kappa shape index (κ3) is 2.82. The molecule has 1 unspecified atom stereocenters. The molecule has 1 aromatic rings. The molecule has 6 heteroatoms. The molecule has 0 amide bonds. The number of sulfonamides is 1. The standard InChI is InChI=1S/C14H21N3O2S/c1-20(18,19)17-8-6-16(7-9-17)11-12-10-15-14-5-3-2-4-13(12)14/h2-5,12,15H,6-11H2,1H3. The number of rotatable bonds is 3. The molecular formula is C14H21N3O2S. The van der Waals surface area contributed by atoms with E-state index in [1.807, 2.05) is 0 Å². The SMILES string of the molecule is CS(=O)(=O)N1CCN(CC2CNc3ccccc32)CC1. The van der Waals surface area contributed by atoms with Crippen LogP contribution in [0.4, 0.5) is 5.69 Å². The van der Waals surface area contributed by atoms with Crippen LogP contribution in [0.15, 0.2) is 24.3 Å². The van der Waals surface area contributed by atoms with Crippen LogP contribution >= 0.6 is 0 Å². The van der Waals surface area contributed by atoms with Crippen molar-refractivity contribution in [1.82, 2.24) is 9.21 Å². The molecule has 2 aliphatic rings. The van der Waals surface area contributed by atoms with Crippen molar-refractivity contribution in [2.45, 2.75) is 5.92 Å². The van der Waals surface area contributed by atoms with Gasteiger partial charge in [0.15, 0.2) is 0 Å². The van der Waals surface area contributed by atoms with Crippen molar-refractivity contribution in [2.75, 3.05) is 50.8 Å². The molecule has 3 rings (SSSR count). The Kier molecular flexibility index (Phi) is 3.70. The Morgan fingerprint density at radius 3 is 2.60 bits per heavy atom. The van der Waals surface area contributed by atoms with Crippen LogP contribution in [0.25, 0.3) is 0 Å². The smallest absolute Gasteiger partial charge is 0.211 e. The predicted molar refractivity (Wildman–Crippen MR) is 80.5 cm³/mol. The molecule has 0 saturated carbocycles. The molecule has 2 heterocycles. The Labute approximate surface area is 120 Å². The van der Waals surface area contributed by atoms with Gasteiger partial charge in [0, 0.05) is 50.9 Å². The van der Waals surface area contributed by atoms with E-state index in [1.54, 1.807) is 4.31 Å². The predicted octanol–water partition coefficient (Wildman–Crippen LogP) is 0.773. The summed E-state index contributed by atoms with van der Waals surface area (Å²) in [7, 11) is -3.03. The van der Waals surface area contributed by atoms with E-state index in [1.165, 1.54) is 17.5 Å². The van der Waals surface area contributed by atoms with Gasteiger partial charge in [-0.15, -0.1) is 0 Å². The number of nitrogens with zero attached hydrogens (tertiary/aromatic N) is 2. The second-order valence-corrected chi connectivity index (χ2v) is 7.61. The van der Waals surface area contributed by atoms with Gasteiger partial charge in [0.25, 0.3) is 0 Å². The highest BCUT2D eigenvalue weighted by molar-refractivity contribution is 7.88. The molecule has 1 aromatic carbocycles. The van der Waals surface area contributed by atoms with Gasteiger partial charge in [-0.3, -0.25) is 0 Å². The molecule has 1 atom stereocenters. The van der Waals surface area contributed by atoms with Crippen LogP contribution in [0.3, 0.4) is 0 Å². The summed E-state index contributed by atoms with van der Waals surface area (Å²) < 4.78 is 24.6. The third-order valence-corrected chi connectivity index (χ3v) is 5.52. The zero-order valence-corrected chi connectivity index (χ0v) is 12.6. The number of piperazine rings is 1. The van der Waals surface area contributed by atoms with E-state index in [0.717, 1.165) is 26.2 Å². The number of hydrogen-bond acceptors (Lipinski definition) is 4. The highest BCUT2D eigenvalue weighted by Crippen LogP contribution is 2.31. The Hall–Kier alpha value is -1.11. The lowest BCUT2D eigenvalue weighted by Gasteiger charge is -2.34. The minimum Gasteiger partial charge on any atom is -0.384 e. The van der Waals surface area contributed by atoms with Gasteiger partial charge < -0.3 is 10.2 Å². The average Bonchev–Trinajstić information content (AvgIpc) is 2.82.